The topological polar surface area (TPSA) is 33.3 Å². The second-order valence-electron chi connectivity index (χ2n) is 3.33. The lowest BCUT2D eigenvalue weighted by Gasteiger charge is -2.13. The molecule has 0 fully saturated rings. The van der Waals surface area contributed by atoms with E-state index < -0.39 is 0 Å². The van der Waals surface area contributed by atoms with Gasteiger partial charge in [0.1, 0.15) is 5.75 Å². The molecule has 0 amide bonds. The minimum atomic E-state index is 0.620. The SMILES string of the molecule is CCCOc1ccccc1NC(=S)NCC. The Hall–Kier alpha value is -1.29. The van der Waals surface area contributed by atoms with Gasteiger partial charge in [0.2, 0.25) is 0 Å². The Kier molecular flexibility index (Phi) is 5.64. The molecule has 0 aliphatic rings. The molecule has 0 saturated heterocycles. The summed E-state index contributed by atoms with van der Waals surface area (Å²) in [4.78, 5) is 0. The van der Waals surface area contributed by atoms with Gasteiger partial charge in [-0.15, -0.1) is 0 Å². The van der Waals surface area contributed by atoms with Gasteiger partial charge in [-0.05, 0) is 37.7 Å². The van der Waals surface area contributed by atoms with Crippen LogP contribution in [0.15, 0.2) is 24.3 Å². The lowest BCUT2D eigenvalue weighted by molar-refractivity contribution is 0.319. The van der Waals surface area contributed by atoms with Crippen molar-refractivity contribution >= 4 is 23.0 Å². The maximum atomic E-state index is 5.62. The number of hydrogen-bond acceptors (Lipinski definition) is 2. The zero-order chi connectivity index (χ0) is 11.8. The summed E-state index contributed by atoms with van der Waals surface area (Å²) < 4.78 is 5.62. The van der Waals surface area contributed by atoms with Crippen molar-refractivity contribution in [3.63, 3.8) is 0 Å². The third-order valence-electron chi connectivity index (χ3n) is 1.93. The predicted molar refractivity (Wildman–Crippen MR) is 72.1 cm³/mol. The standard InChI is InChI=1S/C12H18N2OS/c1-3-9-15-11-8-6-5-7-10(11)14-12(16)13-4-2/h5-8H,3-4,9H2,1-2H3,(H2,13,14,16). The fourth-order valence-corrected chi connectivity index (χ4v) is 1.49. The molecule has 1 aromatic rings. The summed E-state index contributed by atoms with van der Waals surface area (Å²) in [6.45, 7) is 5.61. The molecular formula is C12H18N2OS. The smallest absolute Gasteiger partial charge is 0.170 e. The number of ether oxygens (including phenoxy) is 1. The van der Waals surface area contributed by atoms with Crippen LogP contribution in [0.1, 0.15) is 20.3 Å². The van der Waals surface area contributed by atoms with E-state index >= 15 is 0 Å². The van der Waals surface area contributed by atoms with E-state index in [4.69, 9.17) is 17.0 Å². The normalized spacial score (nSPS) is 9.62. The van der Waals surface area contributed by atoms with Crippen LogP contribution in [0, 0.1) is 0 Å². The minimum Gasteiger partial charge on any atom is -0.491 e. The van der Waals surface area contributed by atoms with Gasteiger partial charge in [-0.3, -0.25) is 0 Å². The van der Waals surface area contributed by atoms with Crippen molar-refractivity contribution in [1.82, 2.24) is 5.32 Å². The van der Waals surface area contributed by atoms with Crippen molar-refractivity contribution < 1.29 is 4.74 Å². The number of rotatable bonds is 5. The molecule has 0 saturated carbocycles. The Balaban J connectivity index is 2.66. The van der Waals surface area contributed by atoms with Gasteiger partial charge in [0.15, 0.2) is 5.11 Å². The highest BCUT2D eigenvalue weighted by molar-refractivity contribution is 7.80. The number of thiocarbonyl (C=S) groups is 1. The molecule has 0 heterocycles. The zero-order valence-corrected chi connectivity index (χ0v) is 10.6. The molecule has 4 heteroatoms. The average molecular weight is 238 g/mol. The van der Waals surface area contributed by atoms with Crippen molar-refractivity contribution in [2.45, 2.75) is 20.3 Å². The van der Waals surface area contributed by atoms with Gasteiger partial charge < -0.3 is 15.4 Å². The number of benzene rings is 1. The van der Waals surface area contributed by atoms with Gasteiger partial charge in [0, 0.05) is 6.54 Å². The van der Waals surface area contributed by atoms with Crippen LogP contribution in [0.25, 0.3) is 0 Å². The Labute approximate surface area is 102 Å². The quantitative estimate of drug-likeness (QED) is 0.773. The Morgan fingerprint density at radius 2 is 2.06 bits per heavy atom. The lowest BCUT2D eigenvalue weighted by atomic mass is 10.3. The van der Waals surface area contributed by atoms with E-state index in [9.17, 15) is 0 Å². The van der Waals surface area contributed by atoms with Crippen LogP contribution in [0.2, 0.25) is 0 Å². The largest absolute Gasteiger partial charge is 0.491 e. The summed E-state index contributed by atoms with van der Waals surface area (Å²) in [7, 11) is 0. The highest BCUT2D eigenvalue weighted by atomic mass is 32.1. The monoisotopic (exact) mass is 238 g/mol. The molecule has 0 radical (unpaired) electrons. The Morgan fingerprint density at radius 1 is 1.31 bits per heavy atom. The molecule has 0 aliphatic carbocycles. The van der Waals surface area contributed by atoms with Gasteiger partial charge in [-0.1, -0.05) is 19.1 Å². The molecule has 88 valence electrons. The number of nitrogens with one attached hydrogen (secondary N) is 2. The fraction of sp³-hybridized carbons (Fsp3) is 0.417. The van der Waals surface area contributed by atoms with Crippen LogP contribution in [-0.4, -0.2) is 18.3 Å². The third kappa shape index (κ3) is 4.06. The molecule has 0 aromatic heterocycles. The Bertz CT molecular complexity index is 342. The molecule has 1 rings (SSSR count). The first kappa shape index (κ1) is 12.8. The molecule has 2 N–H and O–H groups in total. The van der Waals surface area contributed by atoms with E-state index in [1.54, 1.807) is 0 Å². The van der Waals surface area contributed by atoms with Crippen molar-refractivity contribution in [1.29, 1.82) is 0 Å². The van der Waals surface area contributed by atoms with Gasteiger partial charge in [0.05, 0.1) is 12.3 Å². The maximum absolute atomic E-state index is 5.62. The highest BCUT2D eigenvalue weighted by Crippen LogP contribution is 2.23. The van der Waals surface area contributed by atoms with Gasteiger partial charge in [0.25, 0.3) is 0 Å². The third-order valence-corrected chi connectivity index (χ3v) is 2.18. The first-order valence-electron chi connectivity index (χ1n) is 5.54. The summed E-state index contributed by atoms with van der Waals surface area (Å²) >= 11 is 5.13. The molecule has 0 aliphatic heterocycles. The van der Waals surface area contributed by atoms with E-state index in [1.807, 2.05) is 31.2 Å². The molecule has 3 nitrogen and oxygen atoms in total. The molecular weight excluding hydrogens is 220 g/mol. The van der Waals surface area contributed by atoms with Crippen LogP contribution < -0.4 is 15.4 Å². The summed E-state index contributed by atoms with van der Waals surface area (Å²) in [6, 6.07) is 7.79. The summed E-state index contributed by atoms with van der Waals surface area (Å²) in [5.74, 6) is 0.838. The van der Waals surface area contributed by atoms with E-state index in [-0.39, 0.29) is 0 Å². The van der Waals surface area contributed by atoms with E-state index in [0.717, 1.165) is 24.4 Å². The molecule has 16 heavy (non-hydrogen) atoms. The number of para-hydroxylation sites is 2. The molecule has 1 aromatic carbocycles. The van der Waals surface area contributed by atoms with Crippen LogP contribution in [-0.2, 0) is 0 Å². The number of hydrogen-bond donors (Lipinski definition) is 2. The van der Waals surface area contributed by atoms with Gasteiger partial charge in [-0.25, -0.2) is 0 Å². The summed E-state index contributed by atoms with van der Waals surface area (Å²) in [6.07, 6.45) is 0.992. The highest BCUT2D eigenvalue weighted by Gasteiger charge is 2.03. The van der Waals surface area contributed by atoms with Crippen molar-refractivity contribution in [2.24, 2.45) is 0 Å². The minimum absolute atomic E-state index is 0.620. The second kappa shape index (κ2) is 7.06. The molecule has 0 spiro atoms. The molecule has 0 unspecified atom stereocenters. The van der Waals surface area contributed by atoms with Crippen molar-refractivity contribution in [2.75, 3.05) is 18.5 Å². The average Bonchev–Trinajstić information content (AvgIpc) is 2.28. The summed E-state index contributed by atoms with van der Waals surface area (Å²) in [5.41, 5.74) is 0.905. The maximum Gasteiger partial charge on any atom is 0.170 e. The lowest BCUT2D eigenvalue weighted by Crippen LogP contribution is -2.28. The van der Waals surface area contributed by atoms with Crippen LogP contribution in [0.4, 0.5) is 5.69 Å². The van der Waals surface area contributed by atoms with Crippen LogP contribution in [0.5, 0.6) is 5.75 Å². The van der Waals surface area contributed by atoms with E-state index in [0.29, 0.717) is 11.7 Å². The van der Waals surface area contributed by atoms with Crippen LogP contribution in [0.3, 0.4) is 0 Å². The Morgan fingerprint density at radius 3 is 2.75 bits per heavy atom. The number of anilines is 1. The molecule has 0 atom stereocenters. The zero-order valence-electron chi connectivity index (χ0n) is 9.75. The first-order valence-corrected chi connectivity index (χ1v) is 5.95. The summed E-state index contributed by atoms with van der Waals surface area (Å²) in [5, 5.41) is 6.78. The van der Waals surface area contributed by atoms with Gasteiger partial charge in [-0.2, -0.15) is 0 Å². The second-order valence-corrected chi connectivity index (χ2v) is 3.74. The first-order chi connectivity index (χ1) is 7.77. The predicted octanol–water partition coefficient (Wildman–Crippen LogP) is 2.78. The van der Waals surface area contributed by atoms with E-state index in [2.05, 4.69) is 17.6 Å². The fourth-order valence-electron chi connectivity index (χ4n) is 1.23. The van der Waals surface area contributed by atoms with Crippen molar-refractivity contribution in [3.8, 4) is 5.75 Å². The van der Waals surface area contributed by atoms with Crippen molar-refractivity contribution in [3.05, 3.63) is 24.3 Å². The van der Waals surface area contributed by atoms with Crippen LogP contribution >= 0.6 is 12.2 Å². The van der Waals surface area contributed by atoms with Gasteiger partial charge >= 0.3 is 0 Å². The molecule has 0 bridgehead atoms. The van der Waals surface area contributed by atoms with E-state index in [1.165, 1.54) is 0 Å².